The van der Waals surface area contributed by atoms with E-state index in [1.165, 1.54) is 7.11 Å². The first-order valence-corrected chi connectivity index (χ1v) is 6.93. The van der Waals surface area contributed by atoms with Crippen molar-refractivity contribution in [2.45, 2.75) is 12.8 Å². The number of anilines is 1. The molecule has 5 nitrogen and oxygen atoms in total. The lowest BCUT2D eigenvalue weighted by molar-refractivity contribution is -0.146. The van der Waals surface area contributed by atoms with Crippen molar-refractivity contribution in [2.75, 3.05) is 12.4 Å². The lowest BCUT2D eigenvalue weighted by atomic mass is 9.82. The number of rotatable bonds is 4. The third kappa shape index (κ3) is 3.55. The van der Waals surface area contributed by atoms with Gasteiger partial charge in [0, 0.05) is 5.02 Å². The van der Waals surface area contributed by atoms with E-state index in [9.17, 15) is 14.7 Å². The summed E-state index contributed by atoms with van der Waals surface area (Å²) in [5.41, 5.74) is 0.439. The summed E-state index contributed by atoms with van der Waals surface area (Å²) in [7, 11) is 1.49. The lowest BCUT2D eigenvalue weighted by Crippen LogP contribution is -2.34. The number of hydrogen-bond acceptors (Lipinski definition) is 3. The summed E-state index contributed by atoms with van der Waals surface area (Å²) in [5, 5.41) is 12.4. The number of carboxylic acids is 1. The zero-order chi connectivity index (χ0) is 15.4. The number of halogens is 1. The average molecular weight is 310 g/mol. The molecule has 0 aromatic heterocycles. The Kier molecular flexibility index (Phi) is 4.85. The minimum Gasteiger partial charge on any atom is -0.495 e. The van der Waals surface area contributed by atoms with Gasteiger partial charge in [0.15, 0.2) is 0 Å². The third-order valence-electron chi connectivity index (χ3n) is 3.51. The van der Waals surface area contributed by atoms with Gasteiger partial charge >= 0.3 is 5.97 Å². The highest BCUT2D eigenvalue weighted by atomic mass is 35.5. The summed E-state index contributed by atoms with van der Waals surface area (Å²) in [5.74, 6) is -2.13. The van der Waals surface area contributed by atoms with Gasteiger partial charge in [-0.1, -0.05) is 23.8 Å². The molecule has 0 radical (unpaired) electrons. The van der Waals surface area contributed by atoms with Crippen molar-refractivity contribution in [3.63, 3.8) is 0 Å². The van der Waals surface area contributed by atoms with Crippen LogP contribution >= 0.6 is 11.6 Å². The van der Waals surface area contributed by atoms with Gasteiger partial charge in [-0.3, -0.25) is 9.59 Å². The summed E-state index contributed by atoms with van der Waals surface area (Å²) >= 11 is 5.91. The molecule has 0 saturated carbocycles. The Balaban J connectivity index is 2.19. The van der Waals surface area contributed by atoms with Crippen LogP contribution < -0.4 is 10.1 Å². The highest BCUT2D eigenvalue weighted by molar-refractivity contribution is 6.31. The molecule has 2 N–H and O–H groups in total. The maximum atomic E-state index is 12.4. The number of ether oxygens (including phenoxy) is 1. The van der Waals surface area contributed by atoms with Crippen LogP contribution in [-0.2, 0) is 9.59 Å². The number of hydrogen-bond donors (Lipinski definition) is 2. The van der Waals surface area contributed by atoms with Crippen LogP contribution in [0.5, 0.6) is 5.75 Å². The molecular formula is C15H16ClNO4. The van der Waals surface area contributed by atoms with Gasteiger partial charge in [-0.25, -0.2) is 0 Å². The SMILES string of the molecule is COc1ccc(Cl)cc1NC(=O)[C@H]1CC=CC[C@H]1C(=O)O. The Hall–Kier alpha value is -2.01. The van der Waals surface area contributed by atoms with E-state index in [2.05, 4.69) is 5.32 Å². The Morgan fingerprint density at radius 2 is 1.95 bits per heavy atom. The molecule has 0 heterocycles. The van der Waals surface area contributed by atoms with E-state index >= 15 is 0 Å². The second-order valence-corrected chi connectivity index (χ2v) is 5.26. The van der Waals surface area contributed by atoms with Gasteiger partial charge in [-0.2, -0.15) is 0 Å². The zero-order valence-electron chi connectivity index (χ0n) is 11.5. The van der Waals surface area contributed by atoms with E-state index in [1.807, 2.05) is 6.08 Å². The van der Waals surface area contributed by atoms with Gasteiger partial charge in [0.05, 0.1) is 24.6 Å². The van der Waals surface area contributed by atoms with Crippen molar-refractivity contribution < 1.29 is 19.4 Å². The quantitative estimate of drug-likeness (QED) is 0.838. The molecule has 0 aliphatic heterocycles. The third-order valence-corrected chi connectivity index (χ3v) is 3.74. The van der Waals surface area contributed by atoms with Crippen LogP contribution in [-0.4, -0.2) is 24.1 Å². The molecule has 2 rings (SSSR count). The first-order chi connectivity index (χ1) is 10.0. The van der Waals surface area contributed by atoms with Gasteiger partial charge in [-0.05, 0) is 31.0 Å². The topological polar surface area (TPSA) is 75.6 Å². The fraction of sp³-hybridized carbons (Fsp3) is 0.333. The van der Waals surface area contributed by atoms with E-state index < -0.39 is 17.8 Å². The summed E-state index contributed by atoms with van der Waals surface area (Å²) in [6.07, 6.45) is 4.40. The predicted molar refractivity (Wildman–Crippen MR) is 79.6 cm³/mol. The van der Waals surface area contributed by atoms with Crippen LogP contribution in [0.15, 0.2) is 30.4 Å². The number of nitrogens with one attached hydrogen (secondary N) is 1. The van der Waals surface area contributed by atoms with Crippen LogP contribution in [0.3, 0.4) is 0 Å². The molecule has 0 fully saturated rings. The van der Waals surface area contributed by atoms with Crippen molar-refractivity contribution in [1.82, 2.24) is 0 Å². The van der Waals surface area contributed by atoms with Gasteiger partial charge in [0.1, 0.15) is 5.75 Å². The summed E-state index contributed by atoms with van der Waals surface area (Å²) < 4.78 is 5.16. The van der Waals surface area contributed by atoms with E-state index in [0.717, 1.165) is 0 Å². The zero-order valence-corrected chi connectivity index (χ0v) is 12.3. The number of methoxy groups -OCH3 is 1. The molecule has 0 saturated heterocycles. The van der Waals surface area contributed by atoms with Crippen molar-refractivity contribution in [3.05, 3.63) is 35.4 Å². The van der Waals surface area contributed by atoms with E-state index in [1.54, 1.807) is 24.3 Å². The summed E-state index contributed by atoms with van der Waals surface area (Å²) in [6.45, 7) is 0. The Morgan fingerprint density at radius 1 is 1.29 bits per heavy atom. The highest BCUT2D eigenvalue weighted by Crippen LogP contribution is 2.31. The number of carbonyl (C=O) groups is 2. The molecule has 0 unspecified atom stereocenters. The van der Waals surface area contributed by atoms with Crippen LogP contribution in [0.25, 0.3) is 0 Å². The number of aliphatic carboxylic acids is 1. The number of benzene rings is 1. The number of carboxylic acid groups (broad SMARTS) is 1. The predicted octanol–water partition coefficient (Wildman–Crippen LogP) is 2.95. The smallest absolute Gasteiger partial charge is 0.307 e. The number of carbonyl (C=O) groups excluding carboxylic acids is 1. The first-order valence-electron chi connectivity index (χ1n) is 6.55. The first kappa shape index (κ1) is 15.4. The maximum Gasteiger partial charge on any atom is 0.307 e. The molecule has 1 aliphatic rings. The molecule has 0 spiro atoms. The molecule has 6 heteroatoms. The van der Waals surface area contributed by atoms with Gasteiger partial charge in [0.25, 0.3) is 0 Å². The van der Waals surface area contributed by atoms with Crippen molar-refractivity contribution in [3.8, 4) is 5.75 Å². The van der Waals surface area contributed by atoms with Crippen LogP contribution in [0.4, 0.5) is 5.69 Å². The van der Waals surface area contributed by atoms with Gasteiger partial charge in [-0.15, -0.1) is 0 Å². The molecule has 2 atom stereocenters. The Morgan fingerprint density at radius 3 is 2.57 bits per heavy atom. The number of allylic oxidation sites excluding steroid dienone is 2. The van der Waals surface area contributed by atoms with E-state index in [4.69, 9.17) is 16.3 Å². The van der Waals surface area contributed by atoms with Crippen LogP contribution in [0, 0.1) is 11.8 Å². The Labute approximate surface area is 127 Å². The molecular weight excluding hydrogens is 294 g/mol. The van der Waals surface area contributed by atoms with Crippen LogP contribution in [0.1, 0.15) is 12.8 Å². The monoisotopic (exact) mass is 309 g/mol. The minimum absolute atomic E-state index is 0.340. The Bertz CT molecular complexity index is 585. The van der Waals surface area contributed by atoms with E-state index in [-0.39, 0.29) is 5.91 Å². The molecule has 21 heavy (non-hydrogen) atoms. The minimum atomic E-state index is -0.961. The van der Waals surface area contributed by atoms with Crippen molar-refractivity contribution in [1.29, 1.82) is 0 Å². The van der Waals surface area contributed by atoms with Gasteiger partial charge < -0.3 is 15.2 Å². The standard InChI is InChI=1S/C15H16ClNO4/c1-21-13-7-6-9(16)8-12(13)17-14(18)10-4-2-3-5-11(10)15(19)20/h2-3,6-8,10-11H,4-5H2,1H3,(H,17,18)(H,19,20)/t10-,11+/m0/s1. The van der Waals surface area contributed by atoms with Crippen molar-refractivity contribution in [2.24, 2.45) is 11.8 Å². The average Bonchev–Trinajstić information content (AvgIpc) is 2.47. The fourth-order valence-corrected chi connectivity index (χ4v) is 2.55. The lowest BCUT2D eigenvalue weighted by Gasteiger charge is -2.24. The highest BCUT2D eigenvalue weighted by Gasteiger charge is 2.34. The molecule has 112 valence electrons. The van der Waals surface area contributed by atoms with Crippen molar-refractivity contribution >= 4 is 29.2 Å². The number of amides is 1. The second-order valence-electron chi connectivity index (χ2n) is 4.83. The summed E-state index contributed by atoms with van der Waals surface area (Å²) in [4.78, 5) is 23.6. The maximum absolute atomic E-state index is 12.4. The second kappa shape index (κ2) is 6.63. The van der Waals surface area contributed by atoms with Gasteiger partial charge in [0.2, 0.25) is 5.91 Å². The molecule has 1 aromatic rings. The normalized spacial score (nSPS) is 20.9. The summed E-state index contributed by atoms with van der Waals surface area (Å²) in [6, 6.07) is 4.87. The fourth-order valence-electron chi connectivity index (χ4n) is 2.38. The van der Waals surface area contributed by atoms with E-state index in [0.29, 0.717) is 29.3 Å². The molecule has 1 aliphatic carbocycles. The molecule has 1 aromatic carbocycles. The van der Waals surface area contributed by atoms with Crippen LogP contribution in [0.2, 0.25) is 5.02 Å². The molecule has 0 bridgehead atoms. The molecule has 1 amide bonds. The largest absolute Gasteiger partial charge is 0.495 e.